The van der Waals surface area contributed by atoms with E-state index in [-0.39, 0.29) is 17.3 Å². The van der Waals surface area contributed by atoms with Crippen molar-refractivity contribution in [1.29, 1.82) is 0 Å². The molecule has 1 aromatic rings. The predicted molar refractivity (Wildman–Crippen MR) is 70.7 cm³/mol. The van der Waals surface area contributed by atoms with Gasteiger partial charge in [-0.3, -0.25) is 0 Å². The van der Waals surface area contributed by atoms with Crippen LogP contribution in [0.4, 0.5) is 5.69 Å². The topological polar surface area (TPSA) is 69.6 Å². The smallest absolute Gasteiger partial charge is 0.180 e. The van der Waals surface area contributed by atoms with Gasteiger partial charge in [-0.1, -0.05) is 0 Å². The summed E-state index contributed by atoms with van der Waals surface area (Å²) in [7, 11) is -3.34. The van der Waals surface area contributed by atoms with Gasteiger partial charge in [-0.25, -0.2) is 8.42 Å². The van der Waals surface area contributed by atoms with Gasteiger partial charge >= 0.3 is 0 Å². The lowest BCUT2D eigenvalue weighted by Gasteiger charge is -2.29. The SMILES string of the molecule is O=S(=O)(CCO)c1ccc(N2CCNCC2)cc1. The van der Waals surface area contributed by atoms with Gasteiger partial charge in [0.25, 0.3) is 0 Å². The Morgan fingerprint density at radius 1 is 1.17 bits per heavy atom. The van der Waals surface area contributed by atoms with E-state index >= 15 is 0 Å². The Bertz CT molecular complexity index is 479. The molecule has 5 nitrogen and oxygen atoms in total. The number of sulfone groups is 1. The largest absolute Gasteiger partial charge is 0.395 e. The molecule has 0 bridgehead atoms. The second-order valence-electron chi connectivity index (χ2n) is 4.27. The molecule has 0 amide bonds. The van der Waals surface area contributed by atoms with Crippen LogP contribution in [0.5, 0.6) is 0 Å². The Balaban J connectivity index is 2.14. The summed E-state index contributed by atoms with van der Waals surface area (Å²) in [5.74, 6) is -0.222. The van der Waals surface area contributed by atoms with Gasteiger partial charge in [0.05, 0.1) is 17.3 Å². The van der Waals surface area contributed by atoms with E-state index < -0.39 is 9.84 Å². The molecule has 1 aromatic carbocycles. The molecule has 0 atom stereocenters. The van der Waals surface area contributed by atoms with Crippen LogP contribution >= 0.6 is 0 Å². The van der Waals surface area contributed by atoms with Gasteiger partial charge in [0.2, 0.25) is 0 Å². The van der Waals surface area contributed by atoms with Crippen LogP contribution in [0.3, 0.4) is 0 Å². The molecule has 1 fully saturated rings. The molecule has 18 heavy (non-hydrogen) atoms. The Morgan fingerprint density at radius 2 is 1.78 bits per heavy atom. The molecule has 1 heterocycles. The van der Waals surface area contributed by atoms with Gasteiger partial charge in [-0.2, -0.15) is 0 Å². The van der Waals surface area contributed by atoms with E-state index in [0.717, 1.165) is 31.9 Å². The molecule has 0 aromatic heterocycles. The minimum absolute atomic E-state index is 0.222. The lowest BCUT2D eigenvalue weighted by atomic mass is 10.2. The maximum atomic E-state index is 11.7. The molecule has 100 valence electrons. The molecule has 1 saturated heterocycles. The number of anilines is 1. The molecule has 2 N–H and O–H groups in total. The zero-order valence-corrected chi connectivity index (χ0v) is 11.0. The number of benzene rings is 1. The number of aliphatic hydroxyl groups excluding tert-OH is 1. The highest BCUT2D eigenvalue weighted by Crippen LogP contribution is 2.19. The van der Waals surface area contributed by atoms with Crippen molar-refractivity contribution in [3.63, 3.8) is 0 Å². The minimum atomic E-state index is -3.34. The summed E-state index contributed by atoms with van der Waals surface area (Å²) in [6.07, 6.45) is 0. The van der Waals surface area contributed by atoms with E-state index in [0.29, 0.717) is 0 Å². The van der Waals surface area contributed by atoms with Crippen LogP contribution in [-0.4, -0.2) is 52.1 Å². The molecule has 1 aliphatic rings. The minimum Gasteiger partial charge on any atom is -0.395 e. The molecular formula is C12H18N2O3S. The average Bonchev–Trinajstić information content (AvgIpc) is 2.40. The average molecular weight is 270 g/mol. The van der Waals surface area contributed by atoms with Crippen LogP contribution in [0, 0.1) is 0 Å². The van der Waals surface area contributed by atoms with Crippen LogP contribution in [0.1, 0.15) is 0 Å². The van der Waals surface area contributed by atoms with Crippen molar-refractivity contribution in [2.24, 2.45) is 0 Å². The maximum absolute atomic E-state index is 11.7. The summed E-state index contributed by atoms with van der Waals surface area (Å²) in [6.45, 7) is 3.42. The van der Waals surface area contributed by atoms with Gasteiger partial charge in [0.1, 0.15) is 0 Å². The highest BCUT2D eigenvalue weighted by Gasteiger charge is 2.15. The van der Waals surface area contributed by atoms with Crippen LogP contribution in [0.2, 0.25) is 0 Å². The summed E-state index contributed by atoms with van der Waals surface area (Å²) in [5.41, 5.74) is 1.04. The molecule has 6 heteroatoms. The van der Waals surface area contributed by atoms with Crippen molar-refractivity contribution in [2.75, 3.05) is 43.4 Å². The standard InChI is InChI=1S/C12H18N2O3S/c15-9-10-18(16,17)12-3-1-11(2-4-12)14-7-5-13-6-8-14/h1-4,13,15H,5-10H2. The number of rotatable bonds is 4. The van der Waals surface area contributed by atoms with Crippen molar-refractivity contribution in [3.05, 3.63) is 24.3 Å². The van der Waals surface area contributed by atoms with Gasteiger partial charge in [-0.15, -0.1) is 0 Å². The normalized spacial score (nSPS) is 16.8. The van der Waals surface area contributed by atoms with Crippen molar-refractivity contribution in [1.82, 2.24) is 5.32 Å². The third kappa shape index (κ3) is 3.01. The molecule has 2 rings (SSSR count). The summed E-state index contributed by atoms with van der Waals surface area (Å²) in [4.78, 5) is 2.49. The maximum Gasteiger partial charge on any atom is 0.180 e. The Morgan fingerprint density at radius 3 is 2.33 bits per heavy atom. The molecule has 0 radical (unpaired) electrons. The first-order valence-electron chi connectivity index (χ1n) is 6.03. The van der Waals surface area contributed by atoms with E-state index in [1.165, 1.54) is 0 Å². The monoisotopic (exact) mass is 270 g/mol. The van der Waals surface area contributed by atoms with Crippen molar-refractivity contribution in [3.8, 4) is 0 Å². The highest BCUT2D eigenvalue weighted by molar-refractivity contribution is 7.91. The second-order valence-corrected chi connectivity index (χ2v) is 6.38. The molecular weight excluding hydrogens is 252 g/mol. The summed E-state index contributed by atoms with van der Waals surface area (Å²) >= 11 is 0. The quantitative estimate of drug-likeness (QED) is 0.797. The zero-order chi connectivity index (χ0) is 13.0. The van der Waals surface area contributed by atoms with Gasteiger partial charge in [-0.05, 0) is 24.3 Å². The summed E-state index contributed by atoms with van der Waals surface area (Å²) < 4.78 is 23.5. The van der Waals surface area contributed by atoms with Crippen molar-refractivity contribution in [2.45, 2.75) is 4.90 Å². The van der Waals surface area contributed by atoms with Gasteiger partial charge in [0.15, 0.2) is 9.84 Å². The third-order valence-corrected chi connectivity index (χ3v) is 4.75. The first-order chi connectivity index (χ1) is 8.63. The molecule has 0 spiro atoms. The first kappa shape index (κ1) is 13.3. The van der Waals surface area contributed by atoms with Crippen molar-refractivity contribution >= 4 is 15.5 Å². The molecule has 0 unspecified atom stereocenters. The van der Waals surface area contributed by atoms with Crippen molar-refractivity contribution < 1.29 is 13.5 Å². The van der Waals surface area contributed by atoms with Gasteiger partial charge in [0, 0.05) is 31.9 Å². The van der Waals surface area contributed by atoms with E-state index in [9.17, 15) is 8.42 Å². The molecule has 0 saturated carbocycles. The number of hydrogen-bond donors (Lipinski definition) is 2. The summed E-state index contributed by atoms with van der Waals surface area (Å²) in [5, 5.41) is 12.0. The highest BCUT2D eigenvalue weighted by atomic mass is 32.2. The lowest BCUT2D eigenvalue weighted by Crippen LogP contribution is -2.43. The van der Waals surface area contributed by atoms with Gasteiger partial charge < -0.3 is 15.3 Å². The van der Waals surface area contributed by atoms with Crippen LogP contribution in [0.25, 0.3) is 0 Å². The number of aliphatic hydroxyl groups is 1. The van der Waals surface area contributed by atoms with Crippen LogP contribution in [-0.2, 0) is 9.84 Å². The van der Waals surface area contributed by atoms with Crippen LogP contribution < -0.4 is 10.2 Å². The fourth-order valence-electron chi connectivity index (χ4n) is 2.03. The van der Waals surface area contributed by atoms with E-state index in [2.05, 4.69) is 10.2 Å². The third-order valence-electron chi connectivity index (χ3n) is 3.04. The fraction of sp³-hybridized carbons (Fsp3) is 0.500. The fourth-order valence-corrected chi connectivity index (χ4v) is 3.05. The number of nitrogens with zero attached hydrogens (tertiary/aromatic N) is 1. The Hall–Kier alpha value is -1.11. The Labute approximate surface area is 107 Å². The lowest BCUT2D eigenvalue weighted by molar-refractivity contribution is 0.319. The zero-order valence-electron chi connectivity index (χ0n) is 10.2. The molecule has 1 aliphatic heterocycles. The number of nitrogens with one attached hydrogen (secondary N) is 1. The van der Waals surface area contributed by atoms with E-state index in [4.69, 9.17) is 5.11 Å². The summed E-state index contributed by atoms with van der Waals surface area (Å²) in [6, 6.07) is 6.88. The van der Waals surface area contributed by atoms with E-state index in [1.807, 2.05) is 12.1 Å². The van der Waals surface area contributed by atoms with Crippen LogP contribution in [0.15, 0.2) is 29.2 Å². The van der Waals surface area contributed by atoms with E-state index in [1.54, 1.807) is 12.1 Å². The molecule has 0 aliphatic carbocycles. The number of hydrogen-bond acceptors (Lipinski definition) is 5. The predicted octanol–water partition coefficient (Wildman–Crippen LogP) is -0.138. The number of piperazine rings is 1. The first-order valence-corrected chi connectivity index (χ1v) is 7.68. The second kappa shape index (κ2) is 5.69. The Kier molecular flexibility index (Phi) is 4.21.